The molecule has 1 atom stereocenters. The molecule has 6 heteroatoms. The smallest absolute Gasteiger partial charge is 0.242 e. The van der Waals surface area contributed by atoms with Crippen molar-refractivity contribution in [3.63, 3.8) is 0 Å². The van der Waals surface area contributed by atoms with Gasteiger partial charge in [-0.1, -0.05) is 12.1 Å². The maximum atomic E-state index is 12.8. The molecule has 1 saturated carbocycles. The molecule has 0 radical (unpaired) electrons. The molecule has 2 heterocycles. The van der Waals surface area contributed by atoms with Gasteiger partial charge in [0.1, 0.15) is 5.69 Å². The predicted octanol–water partition coefficient (Wildman–Crippen LogP) is 2.28. The number of aromatic nitrogens is 3. The Kier molecular flexibility index (Phi) is 3.83. The highest BCUT2D eigenvalue weighted by molar-refractivity contribution is 5.95. The Hall–Kier alpha value is -2.21. The Morgan fingerprint density at radius 2 is 2.13 bits per heavy atom. The van der Waals surface area contributed by atoms with Gasteiger partial charge in [-0.3, -0.25) is 9.69 Å². The second kappa shape index (κ2) is 6.12. The SMILES string of the molecule is O=C(Nc1cccc(-c2cn[nH]n2)c1)C(C1CC1)N1CCCC1. The first-order valence-electron chi connectivity index (χ1n) is 8.32. The van der Waals surface area contributed by atoms with E-state index in [9.17, 15) is 4.79 Å². The number of hydrogen-bond donors (Lipinski definition) is 2. The zero-order valence-corrected chi connectivity index (χ0v) is 13.0. The fourth-order valence-electron chi connectivity index (χ4n) is 3.42. The van der Waals surface area contributed by atoms with E-state index in [0.717, 1.165) is 30.0 Å². The summed E-state index contributed by atoms with van der Waals surface area (Å²) in [7, 11) is 0. The highest BCUT2D eigenvalue weighted by Gasteiger charge is 2.40. The fourth-order valence-corrected chi connectivity index (χ4v) is 3.42. The van der Waals surface area contributed by atoms with Crippen molar-refractivity contribution in [1.82, 2.24) is 20.3 Å². The lowest BCUT2D eigenvalue weighted by Gasteiger charge is -2.26. The number of aromatic amines is 1. The zero-order chi connectivity index (χ0) is 15.6. The first-order valence-corrected chi connectivity index (χ1v) is 8.32. The third-order valence-electron chi connectivity index (χ3n) is 4.71. The van der Waals surface area contributed by atoms with Gasteiger partial charge in [-0.2, -0.15) is 15.4 Å². The van der Waals surface area contributed by atoms with E-state index in [0.29, 0.717) is 5.92 Å². The molecule has 0 bridgehead atoms. The molecule has 0 spiro atoms. The number of amides is 1. The van der Waals surface area contributed by atoms with Crippen LogP contribution in [0.3, 0.4) is 0 Å². The van der Waals surface area contributed by atoms with Crippen LogP contribution in [0.15, 0.2) is 30.5 Å². The van der Waals surface area contributed by atoms with E-state index in [1.165, 1.54) is 25.7 Å². The summed E-state index contributed by atoms with van der Waals surface area (Å²) < 4.78 is 0. The van der Waals surface area contributed by atoms with Crippen LogP contribution in [-0.4, -0.2) is 45.3 Å². The average Bonchev–Trinajstić information content (AvgIpc) is 3.05. The second-order valence-corrected chi connectivity index (χ2v) is 6.45. The molecule has 2 fully saturated rings. The summed E-state index contributed by atoms with van der Waals surface area (Å²) in [5, 5.41) is 13.6. The largest absolute Gasteiger partial charge is 0.325 e. The normalized spacial score (nSPS) is 19.7. The number of carbonyl (C=O) groups is 1. The molecular weight excluding hydrogens is 290 g/mol. The van der Waals surface area contributed by atoms with Crippen molar-refractivity contribution >= 4 is 11.6 Å². The van der Waals surface area contributed by atoms with Crippen LogP contribution in [0.5, 0.6) is 0 Å². The summed E-state index contributed by atoms with van der Waals surface area (Å²) in [5.41, 5.74) is 2.54. The minimum absolute atomic E-state index is 0.0354. The van der Waals surface area contributed by atoms with Crippen LogP contribution in [0.1, 0.15) is 25.7 Å². The van der Waals surface area contributed by atoms with Crippen molar-refractivity contribution < 1.29 is 4.79 Å². The van der Waals surface area contributed by atoms with Gasteiger partial charge >= 0.3 is 0 Å². The van der Waals surface area contributed by atoms with E-state index in [2.05, 4.69) is 25.6 Å². The molecule has 1 unspecified atom stereocenters. The number of H-pyrrole nitrogens is 1. The summed E-state index contributed by atoms with van der Waals surface area (Å²) in [6.45, 7) is 2.10. The summed E-state index contributed by atoms with van der Waals surface area (Å²) in [5.74, 6) is 0.665. The first-order chi connectivity index (χ1) is 11.3. The van der Waals surface area contributed by atoms with Crippen LogP contribution in [0.25, 0.3) is 11.3 Å². The van der Waals surface area contributed by atoms with E-state index in [1.807, 2.05) is 24.3 Å². The van der Waals surface area contributed by atoms with Crippen molar-refractivity contribution in [1.29, 1.82) is 0 Å². The van der Waals surface area contributed by atoms with Crippen molar-refractivity contribution in [2.24, 2.45) is 5.92 Å². The maximum absolute atomic E-state index is 12.8. The molecule has 2 N–H and O–H groups in total. The number of likely N-dealkylation sites (tertiary alicyclic amines) is 1. The van der Waals surface area contributed by atoms with Crippen LogP contribution < -0.4 is 5.32 Å². The molecular formula is C17H21N5O. The lowest BCUT2D eigenvalue weighted by Crippen LogP contribution is -2.44. The van der Waals surface area contributed by atoms with Crippen molar-refractivity contribution in [2.45, 2.75) is 31.7 Å². The number of nitrogens with one attached hydrogen (secondary N) is 2. The van der Waals surface area contributed by atoms with Gasteiger partial charge < -0.3 is 5.32 Å². The Morgan fingerprint density at radius 3 is 2.83 bits per heavy atom. The maximum Gasteiger partial charge on any atom is 0.242 e. The Labute approximate surface area is 135 Å². The Balaban J connectivity index is 1.50. The molecule has 1 aromatic carbocycles. The predicted molar refractivity (Wildman–Crippen MR) is 87.8 cm³/mol. The first kappa shape index (κ1) is 14.4. The summed E-state index contributed by atoms with van der Waals surface area (Å²) in [6.07, 6.45) is 6.44. The molecule has 2 aliphatic rings. The summed E-state index contributed by atoms with van der Waals surface area (Å²) in [6, 6.07) is 7.81. The van der Waals surface area contributed by atoms with Crippen molar-refractivity contribution in [3.05, 3.63) is 30.5 Å². The van der Waals surface area contributed by atoms with Gasteiger partial charge in [0.2, 0.25) is 5.91 Å². The third kappa shape index (κ3) is 3.12. The van der Waals surface area contributed by atoms with Crippen molar-refractivity contribution in [2.75, 3.05) is 18.4 Å². The van der Waals surface area contributed by atoms with Gasteiger partial charge in [-0.25, -0.2) is 0 Å². The minimum atomic E-state index is 0.0354. The van der Waals surface area contributed by atoms with E-state index in [1.54, 1.807) is 6.20 Å². The molecule has 1 aliphatic heterocycles. The molecule has 120 valence electrons. The molecule has 1 amide bonds. The van der Waals surface area contributed by atoms with Crippen LogP contribution in [0, 0.1) is 5.92 Å². The fraction of sp³-hybridized carbons (Fsp3) is 0.471. The number of rotatable bonds is 5. The van der Waals surface area contributed by atoms with Crippen LogP contribution >= 0.6 is 0 Å². The van der Waals surface area contributed by atoms with E-state index >= 15 is 0 Å². The van der Waals surface area contributed by atoms with E-state index in [4.69, 9.17) is 0 Å². The number of carbonyl (C=O) groups excluding carboxylic acids is 1. The molecule has 1 saturated heterocycles. The van der Waals surface area contributed by atoms with Crippen molar-refractivity contribution in [3.8, 4) is 11.3 Å². The third-order valence-corrected chi connectivity index (χ3v) is 4.71. The van der Waals surface area contributed by atoms with Gasteiger partial charge in [0.15, 0.2) is 0 Å². The monoisotopic (exact) mass is 311 g/mol. The van der Waals surface area contributed by atoms with Crippen LogP contribution in [-0.2, 0) is 4.79 Å². The van der Waals surface area contributed by atoms with Gasteiger partial charge in [-0.15, -0.1) is 0 Å². The number of nitrogens with zero attached hydrogens (tertiary/aromatic N) is 3. The lowest BCUT2D eigenvalue weighted by atomic mass is 10.1. The molecule has 2 aromatic rings. The highest BCUT2D eigenvalue weighted by Crippen LogP contribution is 2.37. The molecule has 1 aliphatic carbocycles. The topological polar surface area (TPSA) is 73.9 Å². The number of benzene rings is 1. The number of anilines is 1. The van der Waals surface area contributed by atoms with E-state index in [-0.39, 0.29) is 11.9 Å². The van der Waals surface area contributed by atoms with Gasteiger partial charge in [0.25, 0.3) is 0 Å². The molecule has 23 heavy (non-hydrogen) atoms. The zero-order valence-electron chi connectivity index (χ0n) is 13.0. The molecule has 1 aromatic heterocycles. The van der Waals surface area contributed by atoms with Crippen LogP contribution in [0.4, 0.5) is 5.69 Å². The van der Waals surface area contributed by atoms with Gasteiger partial charge in [0, 0.05) is 11.3 Å². The summed E-state index contributed by atoms with van der Waals surface area (Å²) >= 11 is 0. The summed E-state index contributed by atoms with van der Waals surface area (Å²) in [4.78, 5) is 15.1. The standard InChI is InChI=1S/C17H21N5O/c23-17(16(12-6-7-12)22-8-1-2-9-22)19-14-5-3-4-13(10-14)15-11-18-21-20-15/h3-5,10-12,16H,1-2,6-9H2,(H,19,23)(H,18,20,21). The second-order valence-electron chi connectivity index (χ2n) is 6.45. The van der Waals surface area contributed by atoms with Gasteiger partial charge in [0.05, 0.1) is 12.2 Å². The number of hydrogen-bond acceptors (Lipinski definition) is 4. The molecule has 4 rings (SSSR count). The lowest BCUT2D eigenvalue weighted by molar-refractivity contribution is -0.121. The van der Waals surface area contributed by atoms with Crippen LogP contribution in [0.2, 0.25) is 0 Å². The van der Waals surface area contributed by atoms with E-state index < -0.39 is 0 Å². The Morgan fingerprint density at radius 1 is 1.30 bits per heavy atom. The molecule has 6 nitrogen and oxygen atoms in total. The van der Waals surface area contributed by atoms with Gasteiger partial charge in [-0.05, 0) is 56.8 Å². The minimum Gasteiger partial charge on any atom is -0.325 e. The quantitative estimate of drug-likeness (QED) is 0.888. The Bertz CT molecular complexity index is 674. The average molecular weight is 311 g/mol. The highest BCUT2D eigenvalue weighted by atomic mass is 16.2.